The molecule has 4 N–H and O–H groups in total. The molecule has 8 heteroatoms. The van der Waals surface area contributed by atoms with E-state index < -0.39 is 18.2 Å². The number of carbonyl (C=O) groups excluding carboxylic acids is 3. The summed E-state index contributed by atoms with van der Waals surface area (Å²) >= 11 is 0. The van der Waals surface area contributed by atoms with Crippen molar-refractivity contribution in [1.29, 1.82) is 0 Å². The molecule has 1 fully saturated rings. The number of piperidine rings is 1. The summed E-state index contributed by atoms with van der Waals surface area (Å²) in [6.45, 7) is 0.175. The summed E-state index contributed by atoms with van der Waals surface area (Å²) in [5, 5.41) is 23.0. The minimum atomic E-state index is -1.51. The summed E-state index contributed by atoms with van der Waals surface area (Å²) in [6, 6.07) is 4.44. The third kappa shape index (κ3) is 2.90. The molecule has 0 aliphatic carbocycles. The highest BCUT2D eigenvalue weighted by Gasteiger charge is 2.39. The molecule has 0 spiro atoms. The smallest absolute Gasteiger partial charge is 0.255 e. The van der Waals surface area contributed by atoms with E-state index in [4.69, 9.17) is 10.2 Å². The van der Waals surface area contributed by atoms with Gasteiger partial charge in [-0.25, -0.2) is 0 Å². The average molecular weight is 319 g/mol. The molecular formula is C15H17N3O5. The molecule has 1 aromatic rings. The first-order valence-corrected chi connectivity index (χ1v) is 7.34. The van der Waals surface area contributed by atoms with Gasteiger partial charge in [-0.2, -0.15) is 0 Å². The molecule has 1 saturated heterocycles. The highest BCUT2D eigenvalue weighted by molar-refractivity contribution is 6.06. The van der Waals surface area contributed by atoms with E-state index in [9.17, 15) is 14.4 Å². The molecule has 0 radical (unpaired) electrons. The van der Waals surface area contributed by atoms with E-state index in [2.05, 4.69) is 10.6 Å². The molecule has 0 saturated carbocycles. The Morgan fingerprint density at radius 3 is 2.78 bits per heavy atom. The summed E-state index contributed by atoms with van der Waals surface area (Å²) in [4.78, 5) is 37.2. The lowest BCUT2D eigenvalue weighted by Gasteiger charge is -2.29. The molecule has 1 atom stereocenters. The molecule has 0 bridgehead atoms. The normalized spacial score (nSPS) is 20.7. The number of carbonyl (C=O) groups is 3. The number of nitrogens with one attached hydrogen (secondary N) is 2. The SMILES string of the molecule is O=C1CCC(N2Cc3c(NCC(O)O)cccc3C2=O)C(=O)N1. The van der Waals surface area contributed by atoms with Crippen molar-refractivity contribution in [3.05, 3.63) is 29.3 Å². The maximum atomic E-state index is 12.5. The molecule has 0 aromatic heterocycles. The molecule has 23 heavy (non-hydrogen) atoms. The van der Waals surface area contributed by atoms with E-state index in [0.29, 0.717) is 23.2 Å². The molecule has 1 aromatic carbocycles. The Labute approximate surface area is 132 Å². The van der Waals surface area contributed by atoms with Crippen LogP contribution >= 0.6 is 0 Å². The van der Waals surface area contributed by atoms with Crippen LogP contribution in [0.5, 0.6) is 0 Å². The first-order valence-electron chi connectivity index (χ1n) is 7.34. The van der Waals surface area contributed by atoms with E-state index in [0.717, 1.165) is 0 Å². The van der Waals surface area contributed by atoms with Crippen LogP contribution in [0.1, 0.15) is 28.8 Å². The van der Waals surface area contributed by atoms with Crippen LogP contribution in [0.3, 0.4) is 0 Å². The predicted octanol–water partition coefficient (Wildman–Crippen LogP) is -0.830. The van der Waals surface area contributed by atoms with Crippen molar-refractivity contribution < 1.29 is 24.6 Å². The second-order valence-electron chi connectivity index (χ2n) is 5.59. The second-order valence-corrected chi connectivity index (χ2v) is 5.59. The second kappa shape index (κ2) is 5.98. The van der Waals surface area contributed by atoms with Crippen molar-refractivity contribution in [2.45, 2.75) is 31.7 Å². The number of benzene rings is 1. The van der Waals surface area contributed by atoms with Gasteiger partial charge in [0.2, 0.25) is 11.8 Å². The summed E-state index contributed by atoms with van der Waals surface area (Å²) in [7, 11) is 0. The van der Waals surface area contributed by atoms with Gasteiger partial charge in [-0.1, -0.05) is 6.07 Å². The van der Waals surface area contributed by atoms with Gasteiger partial charge < -0.3 is 20.4 Å². The standard InChI is InChI=1S/C15H17N3O5/c19-12-5-4-11(14(22)17-12)18-7-9-8(15(18)23)2-1-3-10(9)16-6-13(20)21/h1-3,11,13,16,20-21H,4-7H2,(H,17,19,22). The van der Waals surface area contributed by atoms with Crippen LogP contribution in [0, 0.1) is 0 Å². The number of imide groups is 1. The topological polar surface area (TPSA) is 119 Å². The van der Waals surface area contributed by atoms with E-state index in [1.807, 2.05) is 0 Å². The average Bonchev–Trinajstić information content (AvgIpc) is 2.83. The Bertz CT molecular complexity index is 673. The van der Waals surface area contributed by atoms with Crippen molar-refractivity contribution in [1.82, 2.24) is 10.2 Å². The fourth-order valence-electron chi connectivity index (χ4n) is 2.95. The van der Waals surface area contributed by atoms with E-state index in [1.165, 1.54) is 4.90 Å². The lowest BCUT2D eigenvalue weighted by molar-refractivity contribution is -0.136. The number of anilines is 1. The number of hydrogen-bond donors (Lipinski definition) is 4. The lowest BCUT2D eigenvalue weighted by atomic mass is 10.0. The lowest BCUT2D eigenvalue weighted by Crippen LogP contribution is -2.52. The maximum absolute atomic E-state index is 12.5. The number of hydrogen-bond acceptors (Lipinski definition) is 6. The van der Waals surface area contributed by atoms with Gasteiger partial charge in [0.05, 0.1) is 6.54 Å². The largest absolute Gasteiger partial charge is 0.380 e. The number of rotatable bonds is 4. The first kappa shape index (κ1) is 15.4. The van der Waals surface area contributed by atoms with Gasteiger partial charge in [0.25, 0.3) is 5.91 Å². The highest BCUT2D eigenvalue weighted by atomic mass is 16.5. The predicted molar refractivity (Wildman–Crippen MR) is 79.2 cm³/mol. The summed E-state index contributed by atoms with van der Waals surface area (Å²) in [6.07, 6.45) is -0.991. The van der Waals surface area contributed by atoms with E-state index in [-0.39, 0.29) is 31.3 Å². The number of aliphatic hydroxyl groups excluding tert-OH is 1. The Morgan fingerprint density at radius 2 is 2.09 bits per heavy atom. The van der Waals surface area contributed by atoms with Gasteiger partial charge in [0.15, 0.2) is 6.29 Å². The molecule has 2 aliphatic rings. The van der Waals surface area contributed by atoms with Gasteiger partial charge in [0.1, 0.15) is 6.04 Å². The number of amides is 3. The monoisotopic (exact) mass is 319 g/mol. The molecule has 1 unspecified atom stereocenters. The van der Waals surface area contributed by atoms with Crippen LogP contribution in [0.4, 0.5) is 5.69 Å². The molecule has 3 rings (SSSR count). The Morgan fingerprint density at radius 1 is 1.30 bits per heavy atom. The van der Waals surface area contributed by atoms with E-state index >= 15 is 0 Å². The van der Waals surface area contributed by atoms with Crippen LogP contribution in [0.15, 0.2) is 18.2 Å². The van der Waals surface area contributed by atoms with Gasteiger partial charge in [0, 0.05) is 29.8 Å². The molecule has 8 nitrogen and oxygen atoms in total. The van der Waals surface area contributed by atoms with E-state index in [1.54, 1.807) is 18.2 Å². The number of nitrogens with zero attached hydrogens (tertiary/aromatic N) is 1. The van der Waals surface area contributed by atoms with Crippen LogP contribution in [-0.2, 0) is 16.1 Å². The summed E-state index contributed by atoms with van der Waals surface area (Å²) < 4.78 is 0. The zero-order valence-corrected chi connectivity index (χ0v) is 12.3. The van der Waals surface area contributed by atoms with Crippen LogP contribution < -0.4 is 10.6 Å². The van der Waals surface area contributed by atoms with Gasteiger partial charge in [-0.3, -0.25) is 19.7 Å². The van der Waals surface area contributed by atoms with Gasteiger partial charge in [-0.15, -0.1) is 0 Å². The summed E-state index contributed by atoms with van der Waals surface area (Å²) in [5.74, 6) is -1.04. The van der Waals surface area contributed by atoms with Crippen LogP contribution in [0.2, 0.25) is 0 Å². The third-order valence-electron chi connectivity index (χ3n) is 4.06. The molecule has 2 aliphatic heterocycles. The van der Waals surface area contributed by atoms with Crippen molar-refractivity contribution in [2.75, 3.05) is 11.9 Å². The van der Waals surface area contributed by atoms with Crippen LogP contribution in [-0.4, -0.2) is 51.7 Å². The maximum Gasteiger partial charge on any atom is 0.255 e. The molecule has 2 heterocycles. The highest BCUT2D eigenvalue weighted by Crippen LogP contribution is 2.32. The third-order valence-corrected chi connectivity index (χ3v) is 4.06. The minimum absolute atomic E-state index is 0.0664. The Hall–Kier alpha value is -2.45. The van der Waals surface area contributed by atoms with Crippen LogP contribution in [0.25, 0.3) is 0 Å². The van der Waals surface area contributed by atoms with Crippen molar-refractivity contribution in [3.8, 4) is 0 Å². The van der Waals surface area contributed by atoms with Crippen molar-refractivity contribution in [3.63, 3.8) is 0 Å². The number of fused-ring (bicyclic) bond motifs is 1. The van der Waals surface area contributed by atoms with Crippen molar-refractivity contribution >= 4 is 23.4 Å². The Kier molecular flexibility index (Phi) is 4.01. The summed E-state index contributed by atoms with van der Waals surface area (Å²) in [5.41, 5.74) is 1.81. The Balaban J connectivity index is 1.82. The zero-order valence-electron chi connectivity index (χ0n) is 12.3. The number of aliphatic hydroxyl groups is 2. The quantitative estimate of drug-likeness (QED) is 0.425. The molecule has 122 valence electrons. The zero-order chi connectivity index (χ0) is 16.6. The molecule has 3 amide bonds. The minimum Gasteiger partial charge on any atom is -0.380 e. The van der Waals surface area contributed by atoms with Gasteiger partial charge >= 0.3 is 0 Å². The fraction of sp³-hybridized carbons (Fsp3) is 0.400. The fourth-order valence-corrected chi connectivity index (χ4v) is 2.95. The van der Waals surface area contributed by atoms with Gasteiger partial charge in [-0.05, 0) is 18.6 Å². The van der Waals surface area contributed by atoms with Crippen molar-refractivity contribution in [2.24, 2.45) is 0 Å². The molecular weight excluding hydrogens is 302 g/mol. The first-order chi connectivity index (χ1) is 11.0.